The molecule has 1 aromatic carbocycles. The van der Waals surface area contributed by atoms with Gasteiger partial charge in [0.15, 0.2) is 0 Å². The number of hydrogen-bond acceptors (Lipinski definition) is 5. The Hall–Kier alpha value is -3.02. The molecular formula is C18H17NO5. The minimum atomic E-state index is -1.11. The fourth-order valence-corrected chi connectivity index (χ4v) is 2.65. The molecule has 0 bridgehead atoms. The van der Waals surface area contributed by atoms with Crippen molar-refractivity contribution in [3.05, 3.63) is 52.6 Å². The quantitative estimate of drug-likeness (QED) is 0.721. The van der Waals surface area contributed by atoms with Crippen molar-refractivity contribution in [1.29, 1.82) is 0 Å². The molecule has 0 fully saturated rings. The molecule has 0 spiro atoms. The molecule has 124 valence electrons. The Kier molecular flexibility index (Phi) is 4.12. The number of rotatable bonds is 5. The number of carboxylic acid groups (broad SMARTS) is 1. The highest BCUT2D eigenvalue weighted by atomic mass is 16.4. The SMILES string of the molecule is CCN(CC)c1ccc2cc(-c3cc(C(=O)O)co3)c(=O)oc2c1. The molecule has 6 heteroatoms. The highest BCUT2D eigenvalue weighted by Gasteiger charge is 2.15. The van der Waals surface area contributed by atoms with Crippen LogP contribution in [0.5, 0.6) is 0 Å². The summed E-state index contributed by atoms with van der Waals surface area (Å²) in [6.07, 6.45) is 1.10. The monoisotopic (exact) mass is 327 g/mol. The molecule has 2 aromatic heterocycles. The fourth-order valence-electron chi connectivity index (χ4n) is 2.65. The predicted octanol–water partition coefficient (Wildman–Crippen LogP) is 3.60. The second-order valence-electron chi connectivity index (χ2n) is 5.35. The van der Waals surface area contributed by atoms with E-state index in [1.165, 1.54) is 6.07 Å². The van der Waals surface area contributed by atoms with Crippen LogP contribution in [0.2, 0.25) is 0 Å². The molecule has 0 aliphatic rings. The molecule has 0 aliphatic carbocycles. The van der Waals surface area contributed by atoms with Crippen molar-refractivity contribution in [3.63, 3.8) is 0 Å². The lowest BCUT2D eigenvalue weighted by Gasteiger charge is -2.20. The summed E-state index contributed by atoms with van der Waals surface area (Å²) in [4.78, 5) is 25.3. The number of hydrogen-bond donors (Lipinski definition) is 1. The minimum absolute atomic E-state index is 0.0126. The third-order valence-corrected chi connectivity index (χ3v) is 3.96. The van der Waals surface area contributed by atoms with Crippen molar-refractivity contribution < 1.29 is 18.7 Å². The maximum absolute atomic E-state index is 12.2. The summed E-state index contributed by atoms with van der Waals surface area (Å²) in [5.41, 5.74) is 1.09. The Morgan fingerprint density at radius 3 is 2.54 bits per heavy atom. The molecule has 0 amide bonds. The molecule has 24 heavy (non-hydrogen) atoms. The number of benzene rings is 1. The van der Waals surface area contributed by atoms with Gasteiger partial charge in [-0.3, -0.25) is 0 Å². The van der Waals surface area contributed by atoms with Crippen molar-refractivity contribution in [2.75, 3.05) is 18.0 Å². The molecule has 0 aliphatic heterocycles. The maximum Gasteiger partial charge on any atom is 0.347 e. The van der Waals surface area contributed by atoms with Crippen molar-refractivity contribution in [2.45, 2.75) is 13.8 Å². The van der Waals surface area contributed by atoms with Crippen LogP contribution in [-0.2, 0) is 0 Å². The largest absolute Gasteiger partial charge is 0.478 e. The van der Waals surface area contributed by atoms with Gasteiger partial charge in [0.2, 0.25) is 0 Å². The Morgan fingerprint density at radius 1 is 1.17 bits per heavy atom. The predicted molar refractivity (Wildman–Crippen MR) is 90.7 cm³/mol. The van der Waals surface area contributed by atoms with Crippen molar-refractivity contribution in [1.82, 2.24) is 0 Å². The molecule has 0 atom stereocenters. The van der Waals surface area contributed by atoms with Gasteiger partial charge < -0.3 is 18.8 Å². The zero-order chi connectivity index (χ0) is 17.3. The number of carbonyl (C=O) groups is 1. The van der Waals surface area contributed by atoms with Crippen LogP contribution in [0.1, 0.15) is 24.2 Å². The molecule has 6 nitrogen and oxygen atoms in total. The minimum Gasteiger partial charge on any atom is -0.478 e. The normalized spacial score (nSPS) is 10.9. The third kappa shape index (κ3) is 2.78. The van der Waals surface area contributed by atoms with Crippen molar-refractivity contribution >= 4 is 22.6 Å². The van der Waals surface area contributed by atoms with Crippen LogP contribution in [0.25, 0.3) is 22.3 Å². The summed E-state index contributed by atoms with van der Waals surface area (Å²) in [5, 5.41) is 9.69. The summed E-state index contributed by atoms with van der Waals surface area (Å²) < 4.78 is 10.6. The third-order valence-electron chi connectivity index (χ3n) is 3.96. The van der Waals surface area contributed by atoms with Gasteiger partial charge in [-0.1, -0.05) is 0 Å². The summed E-state index contributed by atoms with van der Waals surface area (Å²) >= 11 is 0. The van der Waals surface area contributed by atoms with Gasteiger partial charge in [-0.25, -0.2) is 9.59 Å². The average molecular weight is 327 g/mol. The first-order valence-electron chi connectivity index (χ1n) is 7.68. The zero-order valence-corrected chi connectivity index (χ0v) is 13.4. The van der Waals surface area contributed by atoms with Crippen molar-refractivity contribution in [3.8, 4) is 11.3 Å². The van der Waals surface area contributed by atoms with E-state index in [0.717, 1.165) is 30.4 Å². The van der Waals surface area contributed by atoms with Gasteiger partial charge in [0, 0.05) is 30.2 Å². The number of aromatic carboxylic acids is 1. The van der Waals surface area contributed by atoms with Gasteiger partial charge >= 0.3 is 11.6 Å². The van der Waals surface area contributed by atoms with Gasteiger partial charge in [-0.15, -0.1) is 0 Å². The number of furan rings is 1. The first-order valence-corrected chi connectivity index (χ1v) is 7.68. The molecular weight excluding hydrogens is 310 g/mol. The van der Waals surface area contributed by atoms with Crippen LogP contribution in [-0.4, -0.2) is 24.2 Å². The van der Waals surface area contributed by atoms with E-state index in [1.54, 1.807) is 6.07 Å². The van der Waals surface area contributed by atoms with E-state index in [2.05, 4.69) is 18.7 Å². The Morgan fingerprint density at radius 2 is 1.92 bits per heavy atom. The first-order chi connectivity index (χ1) is 11.5. The molecule has 0 unspecified atom stereocenters. The van der Waals surface area contributed by atoms with Crippen LogP contribution in [0, 0.1) is 0 Å². The van der Waals surface area contributed by atoms with Gasteiger partial charge in [0.05, 0.1) is 5.56 Å². The summed E-state index contributed by atoms with van der Waals surface area (Å²) in [6.45, 7) is 5.83. The van der Waals surface area contributed by atoms with E-state index in [4.69, 9.17) is 13.9 Å². The lowest BCUT2D eigenvalue weighted by molar-refractivity contribution is 0.0696. The fraction of sp³-hybridized carbons (Fsp3) is 0.222. The topological polar surface area (TPSA) is 83.9 Å². The Balaban J connectivity index is 2.08. The Bertz CT molecular complexity index is 949. The zero-order valence-electron chi connectivity index (χ0n) is 13.4. The number of carboxylic acids is 1. The highest BCUT2D eigenvalue weighted by Crippen LogP contribution is 2.26. The van der Waals surface area contributed by atoms with Crippen LogP contribution in [0.3, 0.4) is 0 Å². The Labute approximate surface area is 137 Å². The van der Waals surface area contributed by atoms with E-state index in [9.17, 15) is 9.59 Å². The lowest BCUT2D eigenvalue weighted by atomic mass is 10.1. The van der Waals surface area contributed by atoms with E-state index in [0.29, 0.717) is 5.58 Å². The average Bonchev–Trinajstić information content (AvgIpc) is 3.05. The van der Waals surface area contributed by atoms with Crippen LogP contribution >= 0.6 is 0 Å². The van der Waals surface area contributed by atoms with Gasteiger partial charge in [0.1, 0.15) is 23.2 Å². The summed E-state index contributed by atoms with van der Waals surface area (Å²) in [7, 11) is 0. The summed E-state index contributed by atoms with van der Waals surface area (Å²) in [5.74, 6) is -0.935. The molecule has 3 aromatic rings. The second kappa shape index (κ2) is 6.23. The lowest BCUT2D eigenvalue weighted by Crippen LogP contribution is -2.21. The molecule has 1 N–H and O–H groups in total. The number of anilines is 1. The maximum atomic E-state index is 12.2. The van der Waals surface area contributed by atoms with Gasteiger partial charge in [0.25, 0.3) is 0 Å². The van der Waals surface area contributed by atoms with Crippen molar-refractivity contribution in [2.24, 2.45) is 0 Å². The van der Waals surface area contributed by atoms with Crippen LogP contribution in [0.15, 0.2) is 50.2 Å². The van der Waals surface area contributed by atoms with E-state index < -0.39 is 11.6 Å². The summed E-state index contributed by atoms with van der Waals surface area (Å²) in [6, 6.07) is 8.63. The molecule has 3 rings (SSSR count). The standard InChI is InChI=1S/C18H17NO5/c1-3-19(4-2)13-6-5-11-7-14(18(22)24-15(11)9-13)16-8-12(10-23-16)17(20)21/h5-10H,3-4H2,1-2H3,(H,20,21). The molecule has 0 radical (unpaired) electrons. The van der Waals surface area contributed by atoms with E-state index >= 15 is 0 Å². The molecule has 0 saturated carbocycles. The first kappa shape index (κ1) is 15.9. The van der Waals surface area contributed by atoms with Gasteiger partial charge in [-0.2, -0.15) is 0 Å². The number of fused-ring (bicyclic) bond motifs is 1. The van der Waals surface area contributed by atoms with E-state index in [1.807, 2.05) is 18.2 Å². The molecule has 0 saturated heterocycles. The molecule has 2 heterocycles. The van der Waals surface area contributed by atoms with E-state index in [-0.39, 0.29) is 16.9 Å². The second-order valence-corrected chi connectivity index (χ2v) is 5.35. The van der Waals surface area contributed by atoms with Gasteiger partial charge in [-0.05, 0) is 38.1 Å². The smallest absolute Gasteiger partial charge is 0.347 e. The highest BCUT2D eigenvalue weighted by molar-refractivity contribution is 5.89. The van der Waals surface area contributed by atoms with Crippen LogP contribution < -0.4 is 10.5 Å². The number of nitrogens with zero attached hydrogens (tertiary/aromatic N) is 1. The van der Waals surface area contributed by atoms with Crippen LogP contribution in [0.4, 0.5) is 5.69 Å².